The molecule has 0 aliphatic rings. The summed E-state index contributed by atoms with van der Waals surface area (Å²) in [6.45, 7) is 0.535. The van der Waals surface area contributed by atoms with Gasteiger partial charge in [0.15, 0.2) is 0 Å². The third kappa shape index (κ3) is 8.33. The zero-order valence-corrected chi connectivity index (χ0v) is 19.4. The van der Waals surface area contributed by atoms with Gasteiger partial charge in [-0.25, -0.2) is 9.78 Å². The number of hydrogen-bond donors (Lipinski definition) is 9. The average molecular weight is 507 g/mol. The topological polar surface area (TPSA) is 240 Å². The number of imidazole rings is 1. The number of aromatic hydroxyl groups is 1. The van der Waals surface area contributed by atoms with Crippen molar-refractivity contribution in [1.29, 1.82) is 0 Å². The Morgan fingerprint density at radius 3 is 2.17 bits per heavy atom. The van der Waals surface area contributed by atoms with Crippen LogP contribution in [0.3, 0.4) is 0 Å². The molecule has 1 heterocycles. The van der Waals surface area contributed by atoms with Gasteiger partial charge in [0.2, 0.25) is 17.7 Å². The number of nitrogens with two attached hydrogens (primary N) is 1. The number of aliphatic carboxylic acids is 1. The molecule has 0 radical (unpaired) electrons. The van der Waals surface area contributed by atoms with E-state index in [-0.39, 0.29) is 18.6 Å². The quantitative estimate of drug-likeness (QED) is 0.135. The monoisotopic (exact) mass is 506 g/mol. The number of rotatable bonds is 13. The molecule has 5 unspecified atom stereocenters. The van der Waals surface area contributed by atoms with Crippen molar-refractivity contribution in [2.45, 2.75) is 50.0 Å². The highest BCUT2D eigenvalue weighted by molar-refractivity contribution is 5.94. The Hall–Kier alpha value is -4.01. The van der Waals surface area contributed by atoms with E-state index in [4.69, 9.17) is 10.8 Å². The molecule has 14 nitrogen and oxygen atoms in total. The number of aromatic amines is 1. The first-order chi connectivity index (χ1) is 17.0. The van der Waals surface area contributed by atoms with Gasteiger partial charge in [0, 0.05) is 24.7 Å². The molecule has 5 atom stereocenters. The lowest BCUT2D eigenvalue weighted by atomic mass is 10.0. The number of carbonyl (C=O) groups is 4. The molecule has 2 aromatic rings. The van der Waals surface area contributed by atoms with Crippen molar-refractivity contribution in [3.05, 3.63) is 48.0 Å². The maximum Gasteiger partial charge on any atom is 0.326 e. The minimum Gasteiger partial charge on any atom is -0.508 e. The van der Waals surface area contributed by atoms with Crippen LogP contribution in [0.2, 0.25) is 0 Å². The Balaban J connectivity index is 2.24. The first-order valence-electron chi connectivity index (χ1n) is 10.9. The number of carbonyl (C=O) groups excluding carboxylic acids is 3. The van der Waals surface area contributed by atoms with Gasteiger partial charge < -0.3 is 47.1 Å². The minimum atomic E-state index is -1.52. The van der Waals surface area contributed by atoms with Gasteiger partial charge in [-0.2, -0.15) is 0 Å². The van der Waals surface area contributed by atoms with Gasteiger partial charge in [-0.3, -0.25) is 14.4 Å². The van der Waals surface area contributed by atoms with Crippen LogP contribution in [-0.2, 0) is 32.0 Å². The summed E-state index contributed by atoms with van der Waals surface area (Å²) in [5.74, 6) is -4.02. The van der Waals surface area contributed by atoms with E-state index in [1.54, 1.807) is 0 Å². The smallest absolute Gasteiger partial charge is 0.326 e. The maximum absolute atomic E-state index is 13.1. The first-order valence-corrected chi connectivity index (χ1v) is 10.9. The SMILES string of the molecule is CC(O)C(NC(=O)C(N)CO)C(=O)NC(Cc1ccc(O)cc1)C(=O)NC(Cc1cnc[nH]1)C(=O)O. The average Bonchev–Trinajstić information content (AvgIpc) is 3.35. The first kappa shape index (κ1) is 28.2. The van der Waals surface area contributed by atoms with E-state index in [0.29, 0.717) is 11.3 Å². The fraction of sp³-hybridized carbons (Fsp3) is 0.409. The fourth-order valence-corrected chi connectivity index (χ4v) is 3.18. The van der Waals surface area contributed by atoms with Crippen LogP contribution in [0.1, 0.15) is 18.2 Å². The van der Waals surface area contributed by atoms with E-state index in [0.717, 1.165) is 0 Å². The van der Waals surface area contributed by atoms with Crippen LogP contribution >= 0.6 is 0 Å². The number of benzene rings is 1. The molecule has 0 bridgehead atoms. The van der Waals surface area contributed by atoms with Crippen molar-refractivity contribution < 1.29 is 39.6 Å². The molecule has 0 aliphatic heterocycles. The van der Waals surface area contributed by atoms with Crippen LogP contribution in [0.15, 0.2) is 36.8 Å². The van der Waals surface area contributed by atoms with E-state index in [1.807, 2.05) is 0 Å². The van der Waals surface area contributed by atoms with E-state index in [2.05, 4.69) is 25.9 Å². The fourth-order valence-electron chi connectivity index (χ4n) is 3.18. The van der Waals surface area contributed by atoms with Crippen LogP contribution < -0.4 is 21.7 Å². The third-order valence-electron chi connectivity index (χ3n) is 5.20. The highest BCUT2D eigenvalue weighted by atomic mass is 16.4. The summed E-state index contributed by atoms with van der Waals surface area (Å²) in [7, 11) is 0. The predicted molar refractivity (Wildman–Crippen MR) is 124 cm³/mol. The number of carboxylic acid groups (broad SMARTS) is 1. The lowest BCUT2D eigenvalue weighted by molar-refractivity contribution is -0.142. The van der Waals surface area contributed by atoms with Crippen molar-refractivity contribution in [2.24, 2.45) is 5.73 Å². The van der Waals surface area contributed by atoms with Crippen molar-refractivity contribution >= 4 is 23.7 Å². The van der Waals surface area contributed by atoms with Crippen LogP contribution in [0.5, 0.6) is 5.75 Å². The number of aromatic nitrogens is 2. The van der Waals surface area contributed by atoms with Crippen LogP contribution in [-0.4, -0.2) is 91.0 Å². The lowest BCUT2D eigenvalue weighted by Gasteiger charge is -2.26. The molecule has 0 aliphatic carbocycles. The molecule has 1 aromatic heterocycles. The van der Waals surface area contributed by atoms with Crippen LogP contribution in [0.25, 0.3) is 0 Å². The maximum atomic E-state index is 13.1. The zero-order chi connectivity index (χ0) is 26.8. The van der Waals surface area contributed by atoms with E-state index in [9.17, 15) is 34.5 Å². The summed E-state index contributed by atoms with van der Waals surface area (Å²) in [4.78, 5) is 56.4. The summed E-state index contributed by atoms with van der Waals surface area (Å²) in [6.07, 6.45) is 1.16. The predicted octanol–water partition coefficient (Wildman–Crippen LogP) is -2.86. The zero-order valence-electron chi connectivity index (χ0n) is 19.4. The number of phenolic OH excluding ortho intramolecular Hbond substituents is 1. The molecule has 0 fully saturated rings. The van der Waals surface area contributed by atoms with Gasteiger partial charge >= 0.3 is 5.97 Å². The highest BCUT2D eigenvalue weighted by Crippen LogP contribution is 2.12. The van der Waals surface area contributed by atoms with Crippen LogP contribution in [0, 0.1) is 0 Å². The van der Waals surface area contributed by atoms with Crippen molar-refractivity contribution in [3.8, 4) is 5.75 Å². The number of aliphatic hydroxyl groups excluding tert-OH is 2. The second-order valence-corrected chi connectivity index (χ2v) is 8.13. The molecular weight excluding hydrogens is 476 g/mol. The molecule has 1 aromatic carbocycles. The molecule has 196 valence electrons. The van der Waals surface area contributed by atoms with E-state index < -0.39 is 60.6 Å². The van der Waals surface area contributed by atoms with Gasteiger partial charge in [0.05, 0.1) is 19.0 Å². The summed E-state index contributed by atoms with van der Waals surface area (Å²) in [5, 5.41) is 45.2. The Bertz CT molecular complexity index is 1030. The molecule has 0 spiro atoms. The molecule has 10 N–H and O–H groups in total. The summed E-state index contributed by atoms with van der Waals surface area (Å²) in [5.41, 5.74) is 6.42. The molecule has 0 saturated carbocycles. The molecule has 3 amide bonds. The number of nitrogens with one attached hydrogen (secondary N) is 4. The van der Waals surface area contributed by atoms with Crippen molar-refractivity contribution in [1.82, 2.24) is 25.9 Å². The molecule has 14 heteroatoms. The Morgan fingerprint density at radius 2 is 1.64 bits per heavy atom. The highest BCUT2D eigenvalue weighted by Gasteiger charge is 2.32. The second-order valence-electron chi connectivity index (χ2n) is 8.13. The standard InChI is InChI=1S/C22H30N6O8/c1-11(30)18(28-19(32)15(23)9-29)21(34)26-16(6-12-2-4-14(31)5-3-12)20(33)27-17(22(35)36)7-13-8-24-10-25-13/h2-5,8,10-11,15-18,29-31H,6-7,9,23H2,1H3,(H,24,25)(H,26,34)(H,27,33)(H,28,32)(H,35,36). The minimum absolute atomic E-state index is 0.0219. The molecule has 2 rings (SSSR count). The number of carboxylic acids is 1. The lowest BCUT2D eigenvalue weighted by Crippen LogP contribution is -2.60. The van der Waals surface area contributed by atoms with Gasteiger partial charge in [0.25, 0.3) is 0 Å². The third-order valence-corrected chi connectivity index (χ3v) is 5.20. The normalized spacial score (nSPS) is 15.1. The summed E-state index contributed by atoms with van der Waals surface area (Å²) >= 11 is 0. The Labute approximate surface area is 205 Å². The van der Waals surface area contributed by atoms with E-state index >= 15 is 0 Å². The number of hydrogen-bond acceptors (Lipinski definition) is 9. The van der Waals surface area contributed by atoms with E-state index in [1.165, 1.54) is 43.7 Å². The van der Waals surface area contributed by atoms with Gasteiger partial charge in [0.1, 0.15) is 29.9 Å². The number of phenols is 1. The Morgan fingerprint density at radius 1 is 1.00 bits per heavy atom. The van der Waals surface area contributed by atoms with Crippen LogP contribution in [0.4, 0.5) is 0 Å². The van der Waals surface area contributed by atoms with Gasteiger partial charge in [-0.05, 0) is 24.6 Å². The van der Waals surface area contributed by atoms with Gasteiger partial charge in [-0.1, -0.05) is 12.1 Å². The number of aliphatic hydroxyl groups is 2. The van der Waals surface area contributed by atoms with Gasteiger partial charge in [-0.15, -0.1) is 0 Å². The largest absolute Gasteiger partial charge is 0.508 e. The summed E-state index contributed by atoms with van der Waals surface area (Å²) in [6, 6.07) is 0.227. The molecule has 0 saturated heterocycles. The summed E-state index contributed by atoms with van der Waals surface area (Å²) < 4.78 is 0. The number of amides is 3. The molecular formula is C22H30N6O8. The van der Waals surface area contributed by atoms with Crippen molar-refractivity contribution in [2.75, 3.05) is 6.61 Å². The number of nitrogens with zero attached hydrogens (tertiary/aromatic N) is 1. The second kappa shape index (κ2) is 13.2. The number of H-pyrrole nitrogens is 1. The van der Waals surface area contributed by atoms with Crippen molar-refractivity contribution in [3.63, 3.8) is 0 Å². The Kier molecular flexibility index (Phi) is 10.3. The molecule has 36 heavy (non-hydrogen) atoms.